The Hall–Kier alpha value is -0.640. The summed E-state index contributed by atoms with van der Waals surface area (Å²) >= 11 is 0. The summed E-state index contributed by atoms with van der Waals surface area (Å²) < 4.78 is 14.5. The second-order valence-corrected chi connectivity index (χ2v) is 3.29. The lowest BCUT2D eigenvalue weighted by atomic mass is 10.5. The SMILES string of the molecule is O=P([O-])([O-])Cc1ccno1. The zero-order chi connectivity index (χ0) is 7.61. The topological polar surface area (TPSA) is 89.2 Å². The van der Waals surface area contributed by atoms with Crippen LogP contribution >= 0.6 is 7.60 Å². The van der Waals surface area contributed by atoms with Crippen molar-refractivity contribution in [1.82, 2.24) is 5.16 Å². The number of hydrogen-bond donors (Lipinski definition) is 0. The lowest BCUT2D eigenvalue weighted by Gasteiger charge is -2.27. The molecule has 6 heteroatoms. The Labute approximate surface area is 56.8 Å². The third kappa shape index (κ3) is 2.31. The van der Waals surface area contributed by atoms with Crippen LogP contribution in [0.3, 0.4) is 0 Å². The number of rotatable bonds is 2. The zero-order valence-electron chi connectivity index (χ0n) is 4.89. The summed E-state index contributed by atoms with van der Waals surface area (Å²) in [6.07, 6.45) is 0.679. The summed E-state index contributed by atoms with van der Waals surface area (Å²) in [6.45, 7) is 0. The molecule has 1 rings (SSSR count). The van der Waals surface area contributed by atoms with Gasteiger partial charge >= 0.3 is 0 Å². The van der Waals surface area contributed by atoms with Gasteiger partial charge in [0.15, 0.2) is 0 Å². The molecule has 1 heterocycles. The molecule has 5 nitrogen and oxygen atoms in total. The molecule has 0 unspecified atom stereocenters. The van der Waals surface area contributed by atoms with E-state index in [4.69, 9.17) is 0 Å². The highest BCUT2D eigenvalue weighted by molar-refractivity contribution is 7.47. The Morgan fingerprint density at radius 2 is 2.40 bits per heavy atom. The number of aromatic nitrogens is 1. The van der Waals surface area contributed by atoms with E-state index >= 15 is 0 Å². The fraction of sp³-hybridized carbons (Fsp3) is 0.250. The Bertz CT molecular complexity index is 238. The van der Waals surface area contributed by atoms with Gasteiger partial charge in [0.2, 0.25) is 0 Å². The van der Waals surface area contributed by atoms with Crippen molar-refractivity contribution >= 4 is 7.60 Å². The first-order chi connectivity index (χ1) is 4.58. The molecule has 0 aliphatic rings. The Morgan fingerprint density at radius 1 is 1.70 bits per heavy atom. The standard InChI is InChI=1S/C4H6NO4P/c6-10(7,8)3-4-1-2-5-9-4/h1-2H,3H2,(H2,6,7,8)/p-2. The van der Waals surface area contributed by atoms with E-state index < -0.39 is 13.8 Å². The predicted molar refractivity (Wildman–Crippen MR) is 27.8 cm³/mol. The van der Waals surface area contributed by atoms with Crippen LogP contribution in [0.25, 0.3) is 0 Å². The van der Waals surface area contributed by atoms with Gasteiger partial charge in [0.05, 0.1) is 6.20 Å². The summed E-state index contributed by atoms with van der Waals surface area (Å²) in [5.41, 5.74) is 0. The minimum absolute atomic E-state index is 0.0772. The van der Waals surface area contributed by atoms with E-state index in [1.807, 2.05) is 0 Å². The highest BCUT2D eigenvalue weighted by Crippen LogP contribution is 2.28. The zero-order valence-corrected chi connectivity index (χ0v) is 5.78. The van der Waals surface area contributed by atoms with E-state index in [9.17, 15) is 14.4 Å². The van der Waals surface area contributed by atoms with E-state index in [0.29, 0.717) is 0 Å². The van der Waals surface area contributed by atoms with E-state index in [2.05, 4.69) is 9.68 Å². The van der Waals surface area contributed by atoms with Gasteiger partial charge in [0.25, 0.3) is 0 Å². The summed E-state index contributed by atoms with van der Waals surface area (Å²) in [4.78, 5) is 20.2. The van der Waals surface area contributed by atoms with Gasteiger partial charge in [-0.15, -0.1) is 0 Å². The molecule has 0 amide bonds. The molecule has 10 heavy (non-hydrogen) atoms. The van der Waals surface area contributed by atoms with Gasteiger partial charge in [-0.1, -0.05) is 12.8 Å². The third-order valence-electron chi connectivity index (χ3n) is 0.841. The molecule has 0 aromatic carbocycles. The molecule has 0 aliphatic heterocycles. The first-order valence-electron chi connectivity index (χ1n) is 2.48. The normalized spacial score (nSPS) is 11.8. The van der Waals surface area contributed by atoms with Crippen molar-refractivity contribution in [2.24, 2.45) is 0 Å². The highest BCUT2D eigenvalue weighted by atomic mass is 31.2. The fourth-order valence-electron chi connectivity index (χ4n) is 0.515. The maximum absolute atomic E-state index is 10.1. The minimum Gasteiger partial charge on any atom is -0.810 e. The summed E-state index contributed by atoms with van der Waals surface area (Å²) in [6, 6.07) is 1.34. The van der Waals surface area contributed by atoms with E-state index in [1.165, 1.54) is 12.3 Å². The van der Waals surface area contributed by atoms with Crippen LogP contribution in [0, 0.1) is 0 Å². The average molecular weight is 161 g/mol. The van der Waals surface area contributed by atoms with Crippen molar-refractivity contribution in [1.29, 1.82) is 0 Å². The first-order valence-corrected chi connectivity index (χ1v) is 4.21. The molecular formula is C4H4NO4P-2. The highest BCUT2D eigenvalue weighted by Gasteiger charge is 1.98. The molecule has 0 atom stereocenters. The van der Waals surface area contributed by atoms with E-state index in [1.54, 1.807) is 0 Å². The van der Waals surface area contributed by atoms with Crippen LogP contribution in [-0.4, -0.2) is 5.16 Å². The predicted octanol–water partition coefficient (Wildman–Crippen LogP) is -0.912. The Balaban J connectivity index is 2.66. The lowest BCUT2D eigenvalue weighted by Crippen LogP contribution is -2.15. The van der Waals surface area contributed by atoms with E-state index in [0.717, 1.165) is 0 Å². The Morgan fingerprint density at radius 3 is 2.80 bits per heavy atom. The van der Waals surface area contributed by atoms with Crippen LogP contribution in [-0.2, 0) is 10.7 Å². The van der Waals surface area contributed by atoms with Gasteiger partial charge in [-0.3, -0.25) is 0 Å². The molecule has 0 bridgehead atoms. The monoisotopic (exact) mass is 161 g/mol. The number of hydrogen-bond acceptors (Lipinski definition) is 5. The third-order valence-corrected chi connectivity index (χ3v) is 1.54. The van der Waals surface area contributed by atoms with Crippen LogP contribution in [0.15, 0.2) is 16.8 Å². The molecule has 0 N–H and O–H groups in total. The molecule has 0 aliphatic carbocycles. The van der Waals surface area contributed by atoms with Crippen LogP contribution < -0.4 is 9.79 Å². The molecule has 0 saturated carbocycles. The molecule has 0 radical (unpaired) electrons. The number of nitrogens with zero attached hydrogens (tertiary/aromatic N) is 1. The second kappa shape index (κ2) is 2.54. The largest absolute Gasteiger partial charge is 0.810 e. The minimum atomic E-state index is -4.49. The summed E-state index contributed by atoms with van der Waals surface area (Å²) in [5.74, 6) is 0.0772. The van der Waals surface area contributed by atoms with Gasteiger partial charge in [-0.2, -0.15) is 0 Å². The van der Waals surface area contributed by atoms with Crippen molar-refractivity contribution in [3.63, 3.8) is 0 Å². The quantitative estimate of drug-likeness (QED) is 0.523. The van der Waals surface area contributed by atoms with Crippen LogP contribution in [0.1, 0.15) is 5.76 Å². The summed E-state index contributed by atoms with van der Waals surface area (Å²) in [7, 11) is -4.49. The maximum atomic E-state index is 10.1. The van der Waals surface area contributed by atoms with Gasteiger partial charge < -0.3 is 18.9 Å². The average Bonchev–Trinajstić information content (AvgIpc) is 2.12. The smallest absolute Gasteiger partial charge is 0.141 e. The molecule has 0 spiro atoms. The van der Waals surface area contributed by atoms with Crippen molar-refractivity contribution in [2.45, 2.75) is 6.16 Å². The van der Waals surface area contributed by atoms with Gasteiger partial charge in [0.1, 0.15) is 5.76 Å². The van der Waals surface area contributed by atoms with Gasteiger partial charge in [-0.25, -0.2) is 0 Å². The van der Waals surface area contributed by atoms with Crippen LogP contribution in [0.4, 0.5) is 0 Å². The van der Waals surface area contributed by atoms with Gasteiger partial charge in [-0.05, 0) is 0 Å². The van der Waals surface area contributed by atoms with Gasteiger partial charge in [0, 0.05) is 12.2 Å². The molecule has 1 aromatic rings. The Kier molecular flexibility index (Phi) is 1.89. The molecule has 56 valence electrons. The fourth-order valence-corrected chi connectivity index (χ4v) is 1.06. The molecule has 0 saturated heterocycles. The van der Waals surface area contributed by atoms with Crippen molar-refractivity contribution in [2.75, 3.05) is 0 Å². The van der Waals surface area contributed by atoms with E-state index in [-0.39, 0.29) is 5.76 Å². The van der Waals surface area contributed by atoms with Crippen molar-refractivity contribution < 1.29 is 18.9 Å². The molecule has 1 aromatic heterocycles. The van der Waals surface area contributed by atoms with Crippen molar-refractivity contribution in [3.05, 3.63) is 18.0 Å². The van der Waals surface area contributed by atoms with Crippen LogP contribution in [0.2, 0.25) is 0 Å². The lowest BCUT2D eigenvalue weighted by molar-refractivity contribution is -0.314. The summed E-state index contributed by atoms with van der Waals surface area (Å²) in [5, 5.41) is 3.23. The molecule has 0 fully saturated rings. The molecular weight excluding hydrogens is 157 g/mol. The maximum Gasteiger partial charge on any atom is 0.141 e. The first kappa shape index (κ1) is 7.47. The second-order valence-electron chi connectivity index (χ2n) is 1.75. The van der Waals surface area contributed by atoms with Crippen LogP contribution in [0.5, 0.6) is 0 Å². The van der Waals surface area contributed by atoms with Crippen molar-refractivity contribution in [3.8, 4) is 0 Å².